The standard InChI is InChI=1S/C19H27N5O3S/c1-22-15-19(21-16-22)28(26,27)24-11-5-10-23(12-13-24)14-18(25)20-9-8-17-6-3-2-4-7-17/h2-4,6-7,15-16H,5,8-14H2,1H3,(H,20,25). The summed E-state index contributed by atoms with van der Waals surface area (Å²) >= 11 is 0. The lowest BCUT2D eigenvalue weighted by molar-refractivity contribution is -0.122. The molecule has 9 heteroatoms. The molecule has 1 aromatic heterocycles. The van der Waals surface area contributed by atoms with Crippen LogP contribution >= 0.6 is 0 Å². The maximum absolute atomic E-state index is 12.7. The van der Waals surface area contributed by atoms with Gasteiger partial charge in [-0.05, 0) is 24.9 Å². The quantitative estimate of drug-likeness (QED) is 0.724. The predicted octanol–water partition coefficient (Wildman–Crippen LogP) is 0.475. The summed E-state index contributed by atoms with van der Waals surface area (Å²) in [7, 11) is -1.84. The van der Waals surface area contributed by atoms with Gasteiger partial charge in [-0.25, -0.2) is 13.4 Å². The third-order valence-electron chi connectivity index (χ3n) is 4.78. The Morgan fingerprint density at radius 3 is 2.64 bits per heavy atom. The molecule has 8 nitrogen and oxygen atoms in total. The third kappa shape index (κ3) is 5.40. The van der Waals surface area contributed by atoms with Crippen LogP contribution in [-0.2, 0) is 28.3 Å². The summed E-state index contributed by atoms with van der Waals surface area (Å²) in [4.78, 5) is 18.2. The second-order valence-electron chi connectivity index (χ2n) is 7.00. The molecule has 1 fully saturated rings. The lowest BCUT2D eigenvalue weighted by Crippen LogP contribution is -2.40. The number of hydrogen-bond donors (Lipinski definition) is 1. The molecule has 1 saturated heterocycles. The second kappa shape index (κ2) is 9.31. The number of nitrogens with zero attached hydrogens (tertiary/aromatic N) is 4. The van der Waals surface area contributed by atoms with Crippen LogP contribution in [0, 0.1) is 0 Å². The summed E-state index contributed by atoms with van der Waals surface area (Å²) in [6, 6.07) is 10.0. The molecule has 0 aliphatic carbocycles. The molecule has 3 rings (SSSR count). The van der Waals surface area contributed by atoms with Crippen LogP contribution in [0.2, 0.25) is 0 Å². The van der Waals surface area contributed by atoms with Crippen LogP contribution in [0.3, 0.4) is 0 Å². The lowest BCUT2D eigenvalue weighted by atomic mass is 10.1. The van der Waals surface area contributed by atoms with Crippen molar-refractivity contribution in [2.45, 2.75) is 17.9 Å². The normalized spacial score (nSPS) is 16.6. The fraction of sp³-hybridized carbons (Fsp3) is 0.474. The minimum atomic E-state index is -3.59. The molecule has 2 aromatic rings. The first-order valence-corrected chi connectivity index (χ1v) is 10.9. The van der Waals surface area contributed by atoms with Gasteiger partial charge in [0.2, 0.25) is 5.91 Å². The number of benzene rings is 1. The first-order valence-electron chi connectivity index (χ1n) is 9.46. The fourth-order valence-electron chi connectivity index (χ4n) is 3.25. The largest absolute Gasteiger partial charge is 0.355 e. The van der Waals surface area contributed by atoms with E-state index in [1.54, 1.807) is 11.6 Å². The van der Waals surface area contributed by atoms with E-state index in [0.717, 1.165) is 6.42 Å². The minimum Gasteiger partial charge on any atom is -0.355 e. The summed E-state index contributed by atoms with van der Waals surface area (Å²) < 4.78 is 28.5. The highest BCUT2D eigenvalue weighted by molar-refractivity contribution is 7.89. The summed E-state index contributed by atoms with van der Waals surface area (Å²) in [5, 5.41) is 3.02. The van der Waals surface area contributed by atoms with E-state index in [1.165, 1.54) is 22.4 Å². The number of aromatic nitrogens is 2. The topological polar surface area (TPSA) is 87.5 Å². The Bertz CT molecular complexity index is 882. The summed E-state index contributed by atoms with van der Waals surface area (Å²) in [5.74, 6) is -0.0306. The van der Waals surface area contributed by atoms with Gasteiger partial charge in [0.25, 0.3) is 10.0 Å². The van der Waals surface area contributed by atoms with Gasteiger partial charge in [-0.1, -0.05) is 30.3 Å². The molecule has 1 aliphatic heterocycles. The molecule has 0 spiro atoms. The number of carbonyl (C=O) groups is 1. The molecule has 0 saturated carbocycles. The van der Waals surface area contributed by atoms with Gasteiger partial charge >= 0.3 is 0 Å². The van der Waals surface area contributed by atoms with Gasteiger partial charge in [-0.2, -0.15) is 4.31 Å². The summed E-state index contributed by atoms with van der Waals surface area (Å²) in [6.07, 6.45) is 4.47. The fourth-order valence-corrected chi connectivity index (χ4v) is 4.69. The van der Waals surface area contributed by atoms with E-state index in [9.17, 15) is 13.2 Å². The van der Waals surface area contributed by atoms with Crippen LogP contribution in [0.4, 0.5) is 0 Å². The third-order valence-corrected chi connectivity index (χ3v) is 6.56. The van der Waals surface area contributed by atoms with Gasteiger partial charge < -0.3 is 9.88 Å². The smallest absolute Gasteiger partial charge is 0.262 e. The number of nitrogens with one attached hydrogen (secondary N) is 1. The first kappa shape index (κ1) is 20.5. The molecule has 1 N–H and O–H groups in total. The van der Waals surface area contributed by atoms with E-state index in [4.69, 9.17) is 0 Å². The van der Waals surface area contributed by atoms with E-state index < -0.39 is 10.0 Å². The molecule has 1 aliphatic rings. The number of aryl methyl sites for hydroxylation is 1. The maximum Gasteiger partial charge on any atom is 0.262 e. The Morgan fingerprint density at radius 2 is 1.93 bits per heavy atom. The molecular formula is C19H27N5O3S. The van der Waals surface area contributed by atoms with E-state index >= 15 is 0 Å². The van der Waals surface area contributed by atoms with E-state index in [0.29, 0.717) is 39.1 Å². The molecular weight excluding hydrogens is 378 g/mol. The first-order chi connectivity index (χ1) is 13.4. The van der Waals surface area contributed by atoms with Crippen LogP contribution in [0.15, 0.2) is 47.9 Å². The molecule has 0 radical (unpaired) electrons. The van der Waals surface area contributed by atoms with Crippen molar-refractivity contribution in [1.82, 2.24) is 24.1 Å². The van der Waals surface area contributed by atoms with Gasteiger partial charge in [-0.3, -0.25) is 9.69 Å². The Hall–Kier alpha value is -2.23. The number of hydrogen-bond acceptors (Lipinski definition) is 5. The van der Waals surface area contributed by atoms with E-state index in [2.05, 4.69) is 10.3 Å². The average Bonchev–Trinajstić information content (AvgIpc) is 2.98. The van der Waals surface area contributed by atoms with Crippen LogP contribution in [0.1, 0.15) is 12.0 Å². The van der Waals surface area contributed by atoms with Gasteiger partial charge in [0.05, 0.1) is 12.9 Å². The zero-order chi connectivity index (χ0) is 20.0. The van der Waals surface area contributed by atoms with Crippen molar-refractivity contribution in [3.05, 3.63) is 48.4 Å². The SMILES string of the molecule is Cn1cnc(S(=O)(=O)N2CCCN(CC(=O)NCCc3ccccc3)CC2)c1. The summed E-state index contributed by atoms with van der Waals surface area (Å²) in [6.45, 7) is 2.89. The molecule has 1 aromatic carbocycles. The van der Waals surface area contributed by atoms with Crippen molar-refractivity contribution in [3.63, 3.8) is 0 Å². The van der Waals surface area contributed by atoms with Crippen LogP contribution in [0.25, 0.3) is 0 Å². The van der Waals surface area contributed by atoms with Gasteiger partial charge in [0, 0.05) is 39.4 Å². The zero-order valence-corrected chi connectivity index (χ0v) is 16.9. The zero-order valence-electron chi connectivity index (χ0n) is 16.1. The molecule has 2 heterocycles. The Balaban J connectivity index is 1.46. The van der Waals surface area contributed by atoms with Crippen LogP contribution in [-0.4, -0.2) is 72.3 Å². The highest BCUT2D eigenvalue weighted by Crippen LogP contribution is 2.15. The second-order valence-corrected chi connectivity index (χ2v) is 8.88. The highest BCUT2D eigenvalue weighted by atomic mass is 32.2. The lowest BCUT2D eigenvalue weighted by Gasteiger charge is -2.20. The molecule has 0 unspecified atom stereocenters. The van der Waals surface area contributed by atoms with Gasteiger partial charge in [0.15, 0.2) is 5.03 Å². The monoisotopic (exact) mass is 405 g/mol. The predicted molar refractivity (Wildman–Crippen MR) is 106 cm³/mol. The Morgan fingerprint density at radius 1 is 1.14 bits per heavy atom. The molecule has 152 valence electrons. The van der Waals surface area contributed by atoms with Crippen molar-refractivity contribution in [2.24, 2.45) is 7.05 Å². The number of carbonyl (C=O) groups excluding carboxylic acids is 1. The van der Waals surface area contributed by atoms with Crippen LogP contribution < -0.4 is 5.32 Å². The van der Waals surface area contributed by atoms with Gasteiger partial charge in [0.1, 0.15) is 0 Å². The van der Waals surface area contributed by atoms with E-state index in [1.807, 2.05) is 35.2 Å². The maximum atomic E-state index is 12.7. The Labute approximate surface area is 166 Å². The van der Waals surface area contributed by atoms with Gasteiger partial charge in [-0.15, -0.1) is 0 Å². The summed E-state index contributed by atoms with van der Waals surface area (Å²) in [5.41, 5.74) is 1.19. The minimum absolute atomic E-state index is 0.0306. The van der Waals surface area contributed by atoms with Crippen molar-refractivity contribution in [1.29, 1.82) is 0 Å². The number of rotatable bonds is 7. The number of amides is 1. The number of imidazole rings is 1. The van der Waals surface area contributed by atoms with Crippen molar-refractivity contribution >= 4 is 15.9 Å². The highest BCUT2D eigenvalue weighted by Gasteiger charge is 2.29. The van der Waals surface area contributed by atoms with Crippen LogP contribution in [0.5, 0.6) is 0 Å². The molecule has 28 heavy (non-hydrogen) atoms. The Kier molecular flexibility index (Phi) is 6.82. The van der Waals surface area contributed by atoms with Crippen molar-refractivity contribution in [3.8, 4) is 0 Å². The van der Waals surface area contributed by atoms with Crippen molar-refractivity contribution < 1.29 is 13.2 Å². The molecule has 1 amide bonds. The molecule has 0 bridgehead atoms. The molecule has 0 atom stereocenters. The average molecular weight is 406 g/mol. The van der Waals surface area contributed by atoms with E-state index in [-0.39, 0.29) is 17.5 Å². The van der Waals surface area contributed by atoms with Crippen molar-refractivity contribution in [2.75, 3.05) is 39.3 Å². The number of sulfonamides is 1.